The number of rotatable bonds is 4. The van der Waals surface area contributed by atoms with Crippen LogP contribution in [-0.4, -0.2) is 4.98 Å². The van der Waals surface area contributed by atoms with Gasteiger partial charge in [-0.3, -0.25) is 4.98 Å². The van der Waals surface area contributed by atoms with Crippen molar-refractivity contribution >= 4 is 0 Å². The number of nitrogens with two attached hydrogens (primary N) is 1. The van der Waals surface area contributed by atoms with Crippen LogP contribution in [0.3, 0.4) is 0 Å². The lowest BCUT2D eigenvalue weighted by Crippen LogP contribution is -2.13. The Morgan fingerprint density at radius 2 is 1.89 bits per heavy atom. The summed E-state index contributed by atoms with van der Waals surface area (Å²) in [5.74, 6) is 0. The molecule has 0 aliphatic rings. The molecule has 1 aromatic heterocycles. The van der Waals surface area contributed by atoms with Crippen LogP contribution in [0.4, 0.5) is 0 Å². The van der Waals surface area contributed by atoms with E-state index in [0.717, 1.165) is 18.4 Å². The molecule has 2 N–H and O–H groups in total. The third-order valence-electron chi connectivity index (χ3n) is 3.46. The molecular weight excluding hydrogens is 220 g/mol. The molecule has 1 heterocycles. The SMILES string of the molecule is Cc1ccccc1CCC(N)c1cnccc1C. The molecule has 2 aromatic rings. The van der Waals surface area contributed by atoms with Gasteiger partial charge in [-0.15, -0.1) is 0 Å². The van der Waals surface area contributed by atoms with Crippen LogP contribution in [0.25, 0.3) is 0 Å². The summed E-state index contributed by atoms with van der Waals surface area (Å²) < 4.78 is 0. The van der Waals surface area contributed by atoms with Crippen LogP contribution >= 0.6 is 0 Å². The van der Waals surface area contributed by atoms with E-state index >= 15 is 0 Å². The molecule has 2 heteroatoms. The van der Waals surface area contributed by atoms with Crippen LogP contribution < -0.4 is 5.73 Å². The van der Waals surface area contributed by atoms with Gasteiger partial charge in [-0.25, -0.2) is 0 Å². The molecule has 0 saturated carbocycles. The van der Waals surface area contributed by atoms with Gasteiger partial charge in [-0.2, -0.15) is 0 Å². The smallest absolute Gasteiger partial charge is 0.0318 e. The van der Waals surface area contributed by atoms with Gasteiger partial charge in [0.05, 0.1) is 0 Å². The second-order valence-electron chi connectivity index (χ2n) is 4.80. The Morgan fingerprint density at radius 3 is 2.61 bits per heavy atom. The highest BCUT2D eigenvalue weighted by atomic mass is 14.7. The normalized spacial score (nSPS) is 12.4. The first-order chi connectivity index (χ1) is 8.68. The highest BCUT2D eigenvalue weighted by Crippen LogP contribution is 2.20. The van der Waals surface area contributed by atoms with Crippen LogP contribution in [0.15, 0.2) is 42.7 Å². The van der Waals surface area contributed by atoms with Crippen molar-refractivity contribution in [2.45, 2.75) is 32.7 Å². The molecule has 2 rings (SSSR count). The summed E-state index contributed by atoms with van der Waals surface area (Å²) in [6.07, 6.45) is 5.67. The largest absolute Gasteiger partial charge is 0.324 e. The number of pyridine rings is 1. The minimum absolute atomic E-state index is 0.0679. The summed E-state index contributed by atoms with van der Waals surface area (Å²) in [6, 6.07) is 10.6. The highest BCUT2D eigenvalue weighted by Gasteiger charge is 2.09. The third-order valence-corrected chi connectivity index (χ3v) is 3.46. The summed E-state index contributed by atoms with van der Waals surface area (Å²) in [7, 11) is 0. The molecule has 0 saturated heterocycles. The fraction of sp³-hybridized carbons (Fsp3) is 0.312. The van der Waals surface area contributed by atoms with Gasteiger partial charge in [0.15, 0.2) is 0 Å². The Balaban J connectivity index is 2.03. The lowest BCUT2D eigenvalue weighted by atomic mass is 9.96. The molecule has 18 heavy (non-hydrogen) atoms. The molecule has 0 radical (unpaired) electrons. The van der Waals surface area contributed by atoms with E-state index in [4.69, 9.17) is 5.73 Å². The molecule has 0 aliphatic carbocycles. The van der Waals surface area contributed by atoms with Gasteiger partial charge in [-0.05, 0) is 55.0 Å². The van der Waals surface area contributed by atoms with Crippen LogP contribution in [-0.2, 0) is 6.42 Å². The van der Waals surface area contributed by atoms with E-state index in [9.17, 15) is 0 Å². The topological polar surface area (TPSA) is 38.9 Å². The number of aryl methyl sites for hydroxylation is 3. The maximum atomic E-state index is 6.25. The van der Waals surface area contributed by atoms with E-state index in [-0.39, 0.29) is 6.04 Å². The van der Waals surface area contributed by atoms with E-state index in [2.05, 4.69) is 43.1 Å². The second kappa shape index (κ2) is 5.78. The molecule has 2 nitrogen and oxygen atoms in total. The summed E-state index contributed by atoms with van der Waals surface area (Å²) in [5.41, 5.74) is 11.4. The monoisotopic (exact) mass is 240 g/mol. The Hall–Kier alpha value is -1.67. The van der Waals surface area contributed by atoms with Gasteiger partial charge in [-0.1, -0.05) is 24.3 Å². The van der Waals surface area contributed by atoms with Gasteiger partial charge in [0, 0.05) is 18.4 Å². The Morgan fingerprint density at radius 1 is 1.11 bits per heavy atom. The molecule has 1 atom stereocenters. The first kappa shape index (κ1) is 12.8. The van der Waals surface area contributed by atoms with Crippen molar-refractivity contribution in [3.8, 4) is 0 Å². The Kier molecular flexibility index (Phi) is 4.11. The summed E-state index contributed by atoms with van der Waals surface area (Å²) in [6.45, 7) is 4.24. The van der Waals surface area contributed by atoms with Crippen molar-refractivity contribution in [3.05, 3.63) is 65.0 Å². The number of hydrogen-bond acceptors (Lipinski definition) is 2. The molecule has 94 valence electrons. The summed E-state index contributed by atoms with van der Waals surface area (Å²) in [4.78, 5) is 4.16. The lowest BCUT2D eigenvalue weighted by molar-refractivity contribution is 0.644. The Bertz CT molecular complexity index is 520. The highest BCUT2D eigenvalue weighted by molar-refractivity contribution is 5.28. The van der Waals surface area contributed by atoms with E-state index in [1.54, 1.807) is 0 Å². The van der Waals surface area contributed by atoms with Crippen molar-refractivity contribution in [2.24, 2.45) is 5.73 Å². The maximum Gasteiger partial charge on any atom is 0.0318 e. The molecule has 0 bridgehead atoms. The van der Waals surface area contributed by atoms with Crippen molar-refractivity contribution < 1.29 is 0 Å². The van der Waals surface area contributed by atoms with Crippen LogP contribution in [0.1, 0.15) is 34.7 Å². The minimum Gasteiger partial charge on any atom is -0.324 e. The number of hydrogen-bond donors (Lipinski definition) is 1. The van der Waals surface area contributed by atoms with Crippen molar-refractivity contribution in [3.63, 3.8) is 0 Å². The first-order valence-corrected chi connectivity index (χ1v) is 6.39. The van der Waals surface area contributed by atoms with Crippen molar-refractivity contribution in [1.82, 2.24) is 4.98 Å². The quantitative estimate of drug-likeness (QED) is 0.890. The van der Waals surface area contributed by atoms with Crippen LogP contribution in [0.5, 0.6) is 0 Å². The van der Waals surface area contributed by atoms with Gasteiger partial charge >= 0.3 is 0 Å². The van der Waals surface area contributed by atoms with Crippen molar-refractivity contribution in [2.75, 3.05) is 0 Å². The fourth-order valence-corrected chi connectivity index (χ4v) is 2.22. The zero-order chi connectivity index (χ0) is 13.0. The molecule has 0 amide bonds. The first-order valence-electron chi connectivity index (χ1n) is 6.39. The van der Waals surface area contributed by atoms with Crippen LogP contribution in [0, 0.1) is 13.8 Å². The van der Waals surface area contributed by atoms with E-state index in [1.165, 1.54) is 16.7 Å². The van der Waals surface area contributed by atoms with E-state index in [1.807, 2.05) is 18.5 Å². The summed E-state index contributed by atoms with van der Waals surface area (Å²) >= 11 is 0. The van der Waals surface area contributed by atoms with Crippen LogP contribution in [0.2, 0.25) is 0 Å². The van der Waals surface area contributed by atoms with Gasteiger partial charge in [0.2, 0.25) is 0 Å². The van der Waals surface area contributed by atoms with Gasteiger partial charge in [0.1, 0.15) is 0 Å². The number of nitrogens with zero attached hydrogens (tertiary/aromatic N) is 1. The standard InChI is InChI=1S/C16H20N2/c1-12-5-3-4-6-14(12)7-8-16(17)15-11-18-10-9-13(15)2/h3-6,9-11,16H,7-8,17H2,1-2H3. The molecular formula is C16H20N2. The molecule has 0 fully saturated rings. The Labute approximate surface area is 109 Å². The zero-order valence-electron chi connectivity index (χ0n) is 11.1. The third kappa shape index (κ3) is 2.96. The second-order valence-corrected chi connectivity index (χ2v) is 4.80. The molecule has 1 aromatic carbocycles. The number of aromatic nitrogens is 1. The molecule has 0 aliphatic heterocycles. The zero-order valence-corrected chi connectivity index (χ0v) is 11.1. The lowest BCUT2D eigenvalue weighted by Gasteiger charge is -2.14. The van der Waals surface area contributed by atoms with Crippen molar-refractivity contribution in [1.29, 1.82) is 0 Å². The molecule has 0 spiro atoms. The predicted molar refractivity (Wildman–Crippen MR) is 75.4 cm³/mol. The van der Waals surface area contributed by atoms with Gasteiger partial charge < -0.3 is 5.73 Å². The average molecular weight is 240 g/mol. The minimum atomic E-state index is 0.0679. The van der Waals surface area contributed by atoms with Gasteiger partial charge in [0.25, 0.3) is 0 Å². The van der Waals surface area contributed by atoms with E-state index in [0.29, 0.717) is 0 Å². The summed E-state index contributed by atoms with van der Waals surface area (Å²) in [5, 5.41) is 0. The van der Waals surface area contributed by atoms with E-state index < -0.39 is 0 Å². The maximum absolute atomic E-state index is 6.25. The average Bonchev–Trinajstić information content (AvgIpc) is 2.38. The molecule has 1 unspecified atom stereocenters. The predicted octanol–water partition coefficient (Wildman–Crippen LogP) is 3.33. The fourth-order valence-electron chi connectivity index (χ4n) is 2.22. The number of benzene rings is 1.